The van der Waals surface area contributed by atoms with E-state index >= 15 is 0 Å². The topological polar surface area (TPSA) is 55.3 Å². The van der Waals surface area contributed by atoms with Crippen molar-refractivity contribution in [1.82, 2.24) is 0 Å². The number of alkyl halides is 3. The zero-order valence-electron chi connectivity index (χ0n) is 11.6. The summed E-state index contributed by atoms with van der Waals surface area (Å²) >= 11 is 0. The van der Waals surface area contributed by atoms with Gasteiger partial charge in [0.25, 0.3) is 0 Å². The van der Waals surface area contributed by atoms with Crippen LogP contribution in [0, 0.1) is 0 Å². The van der Waals surface area contributed by atoms with Crippen LogP contribution in [0.2, 0.25) is 0 Å². The second-order valence-corrected chi connectivity index (χ2v) is 5.83. The van der Waals surface area contributed by atoms with Crippen molar-refractivity contribution < 1.29 is 13.2 Å². The molecule has 0 aliphatic carbocycles. The van der Waals surface area contributed by atoms with Crippen molar-refractivity contribution in [1.29, 1.82) is 0 Å². The van der Waals surface area contributed by atoms with Crippen molar-refractivity contribution in [3.8, 4) is 0 Å². The molecule has 20 heavy (non-hydrogen) atoms. The van der Waals surface area contributed by atoms with Gasteiger partial charge in [-0.25, -0.2) is 0 Å². The van der Waals surface area contributed by atoms with Crippen molar-refractivity contribution in [2.24, 2.45) is 11.5 Å². The lowest BCUT2D eigenvalue weighted by Gasteiger charge is -2.50. The molecule has 112 valence electrons. The summed E-state index contributed by atoms with van der Waals surface area (Å²) in [5, 5.41) is 0. The third kappa shape index (κ3) is 2.62. The number of hydrogen-bond acceptors (Lipinski definition) is 3. The van der Waals surface area contributed by atoms with E-state index in [4.69, 9.17) is 11.5 Å². The normalized spacial score (nSPS) is 26.6. The third-order valence-electron chi connectivity index (χ3n) is 4.14. The van der Waals surface area contributed by atoms with E-state index in [0.29, 0.717) is 18.7 Å². The van der Waals surface area contributed by atoms with Gasteiger partial charge in [0.1, 0.15) is 0 Å². The van der Waals surface area contributed by atoms with E-state index in [1.54, 1.807) is 6.07 Å². The smallest absolute Gasteiger partial charge is 0.365 e. The largest absolute Gasteiger partial charge is 0.416 e. The van der Waals surface area contributed by atoms with Crippen LogP contribution < -0.4 is 16.4 Å². The Hall–Kier alpha value is -1.27. The van der Waals surface area contributed by atoms with Crippen molar-refractivity contribution in [2.45, 2.75) is 44.1 Å². The average molecular weight is 287 g/mol. The summed E-state index contributed by atoms with van der Waals surface area (Å²) < 4.78 is 38.4. The quantitative estimate of drug-likeness (QED) is 0.833. The fraction of sp³-hybridized carbons (Fsp3) is 0.571. The maximum Gasteiger partial charge on any atom is 0.416 e. The zero-order valence-corrected chi connectivity index (χ0v) is 11.6. The van der Waals surface area contributed by atoms with Gasteiger partial charge in [0.15, 0.2) is 0 Å². The second kappa shape index (κ2) is 4.93. The first-order valence-corrected chi connectivity index (χ1v) is 6.60. The molecule has 0 radical (unpaired) electrons. The number of piperidine rings is 1. The molecular weight excluding hydrogens is 267 g/mol. The molecule has 4 N–H and O–H groups in total. The molecule has 0 saturated carbocycles. The molecule has 1 aliphatic heterocycles. The molecule has 0 spiro atoms. The van der Waals surface area contributed by atoms with Crippen LogP contribution >= 0.6 is 0 Å². The lowest BCUT2D eigenvalue weighted by atomic mass is 9.82. The van der Waals surface area contributed by atoms with Gasteiger partial charge in [0, 0.05) is 24.3 Å². The molecule has 2 unspecified atom stereocenters. The van der Waals surface area contributed by atoms with Gasteiger partial charge in [-0.2, -0.15) is 13.2 Å². The molecule has 1 saturated heterocycles. The molecule has 3 nitrogen and oxygen atoms in total. The Kier molecular flexibility index (Phi) is 3.73. The van der Waals surface area contributed by atoms with Crippen molar-refractivity contribution in [2.75, 3.05) is 11.4 Å². The van der Waals surface area contributed by atoms with Gasteiger partial charge in [0.05, 0.1) is 11.1 Å². The Labute approximate surface area is 116 Å². The van der Waals surface area contributed by atoms with Crippen molar-refractivity contribution in [3.05, 3.63) is 29.8 Å². The van der Waals surface area contributed by atoms with Crippen LogP contribution in [0.1, 0.15) is 25.8 Å². The molecule has 6 heteroatoms. The Morgan fingerprint density at radius 3 is 2.50 bits per heavy atom. The van der Waals surface area contributed by atoms with Crippen LogP contribution in [0.15, 0.2) is 24.3 Å². The molecule has 1 aliphatic rings. The van der Waals surface area contributed by atoms with E-state index in [1.165, 1.54) is 12.1 Å². The predicted octanol–water partition coefficient (Wildman–Crippen LogP) is 2.35. The summed E-state index contributed by atoms with van der Waals surface area (Å²) in [6, 6.07) is 4.93. The summed E-state index contributed by atoms with van der Waals surface area (Å²) in [6.07, 6.45) is -3.67. The number of anilines is 1. The molecule has 0 aromatic heterocycles. The monoisotopic (exact) mass is 287 g/mol. The molecule has 1 aromatic rings. The van der Waals surface area contributed by atoms with E-state index in [-0.39, 0.29) is 12.1 Å². The summed E-state index contributed by atoms with van der Waals surface area (Å²) in [4.78, 5) is 1.91. The lowest BCUT2D eigenvalue weighted by Crippen LogP contribution is -2.67. The van der Waals surface area contributed by atoms with E-state index in [0.717, 1.165) is 6.07 Å². The predicted molar refractivity (Wildman–Crippen MR) is 73.4 cm³/mol. The molecular formula is C14H20F3N3. The Bertz CT molecular complexity index is 485. The zero-order chi connectivity index (χ0) is 15.1. The van der Waals surface area contributed by atoms with E-state index in [1.807, 2.05) is 18.7 Å². The first kappa shape index (κ1) is 15.1. The number of benzene rings is 1. The van der Waals surface area contributed by atoms with Crippen LogP contribution in [-0.4, -0.2) is 24.2 Å². The molecule has 2 atom stereocenters. The Morgan fingerprint density at radius 1 is 1.25 bits per heavy atom. The molecule has 1 aromatic carbocycles. The maximum atomic E-state index is 12.8. The van der Waals surface area contributed by atoms with Gasteiger partial charge in [-0.05, 0) is 38.5 Å². The summed E-state index contributed by atoms with van der Waals surface area (Å²) in [7, 11) is 0. The minimum absolute atomic E-state index is 0.132. The highest BCUT2D eigenvalue weighted by molar-refractivity contribution is 5.52. The van der Waals surface area contributed by atoms with Crippen molar-refractivity contribution >= 4 is 5.69 Å². The molecule has 1 fully saturated rings. The first-order chi connectivity index (χ1) is 9.14. The Morgan fingerprint density at radius 2 is 1.90 bits per heavy atom. The maximum absolute atomic E-state index is 12.8. The number of nitrogens with two attached hydrogens (primary N) is 2. The standard InChI is InChI=1S/C14H20F3N3/c1-13(2)12(19)11(18)6-7-20(13)10-5-3-4-9(8-10)14(15,16)17/h3-5,8,11-12H,6-7,18-19H2,1-2H3. The highest BCUT2D eigenvalue weighted by atomic mass is 19.4. The molecule has 0 amide bonds. The van der Waals surface area contributed by atoms with Gasteiger partial charge in [-0.3, -0.25) is 0 Å². The summed E-state index contributed by atoms with van der Waals surface area (Å²) in [5.74, 6) is 0. The van der Waals surface area contributed by atoms with Crippen LogP contribution in [0.25, 0.3) is 0 Å². The number of hydrogen-bond donors (Lipinski definition) is 2. The molecule has 1 heterocycles. The first-order valence-electron chi connectivity index (χ1n) is 6.60. The summed E-state index contributed by atoms with van der Waals surface area (Å²) in [5.41, 5.74) is 11.5. The minimum Gasteiger partial charge on any atom is -0.365 e. The number of rotatable bonds is 1. The van der Waals surface area contributed by atoms with Gasteiger partial charge in [-0.1, -0.05) is 6.07 Å². The van der Waals surface area contributed by atoms with Gasteiger partial charge < -0.3 is 16.4 Å². The van der Waals surface area contributed by atoms with Gasteiger partial charge >= 0.3 is 6.18 Å². The highest BCUT2D eigenvalue weighted by Crippen LogP contribution is 2.35. The van der Waals surface area contributed by atoms with Gasteiger partial charge in [0.2, 0.25) is 0 Å². The highest BCUT2D eigenvalue weighted by Gasteiger charge is 2.41. The van der Waals surface area contributed by atoms with Gasteiger partial charge in [-0.15, -0.1) is 0 Å². The van der Waals surface area contributed by atoms with E-state index in [9.17, 15) is 13.2 Å². The third-order valence-corrected chi connectivity index (χ3v) is 4.14. The average Bonchev–Trinajstić information content (AvgIpc) is 2.35. The van der Waals surface area contributed by atoms with E-state index in [2.05, 4.69) is 0 Å². The SMILES string of the molecule is CC1(C)C(N)C(N)CCN1c1cccc(C(F)(F)F)c1. The van der Waals surface area contributed by atoms with E-state index < -0.39 is 17.3 Å². The van der Waals surface area contributed by atoms with Crippen LogP contribution in [0.5, 0.6) is 0 Å². The fourth-order valence-electron chi connectivity index (χ4n) is 2.76. The van der Waals surface area contributed by atoms with Crippen LogP contribution in [-0.2, 0) is 6.18 Å². The fourth-order valence-corrected chi connectivity index (χ4v) is 2.76. The van der Waals surface area contributed by atoms with Crippen LogP contribution in [0.3, 0.4) is 0 Å². The number of nitrogens with zero attached hydrogens (tertiary/aromatic N) is 1. The van der Waals surface area contributed by atoms with Crippen molar-refractivity contribution in [3.63, 3.8) is 0 Å². The lowest BCUT2D eigenvalue weighted by molar-refractivity contribution is -0.137. The molecule has 0 bridgehead atoms. The minimum atomic E-state index is -4.34. The number of halogens is 3. The van der Waals surface area contributed by atoms with Crippen LogP contribution in [0.4, 0.5) is 18.9 Å². The molecule has 2 rings (SSSR count). The second-order valence-electron chi connectivity index (χ2n) is 5.83. The Balaban J connectivity index is 2.36. The summed E-state index contributed by atoms with van der Waals surface area (Å²) in [6.45, 7) is 4.43.